The van der Waals surface area contributed by atoms with Gasteiger partial charge in [-0.25, -0.2) is 4.98 Å². The number of imidazole rings is 1. The zero-order valence-corrected chi connectivity index (χ0v) is 13.8. The lowest BCUT2D eigenvalue weighted by Crippen LogP contribution is -2.07. The Morgan fingerprint density at radius 2 is 1.85 bits per heavy atom. The topological polar surface area (TPSA) is 43.8 Å². The fourth-order valence-electron chi connectivity index (χ4n) is 2.31. The Hall–Kier alpha value is -1.29. The summed E-state index contributed by atoms with van der Waals surface area (Å²) >= 11 is 3.46. The molecule has 0 aliphatic heterocycles. The Bertz CT molecular complexity index is 558. The zero-order chi connectivity index (χ0) is 14.5. The Balaban J connectivity index is 2.40. The minimum Gasteiger partial charge on any atom is -0.383 e. The maximum Gasteiger partial charge on any atom is 0.131 e. The minimum absolute atomic E-state index is 0.796. The molecule has 1 heterocycles. The minimum atomic E-state index is 0.796. The molecule has 1 aromatic heterocycles. The predicted octanol–water partition coefficient (Wildman–Crippen LogP) is 4.65. The largest absolute Gasteiger partial charge is 0.383 e. The van der Waals surface area contributed by atoms with Crippen LogP contribution < -0.4 is 5.73 Å². The number of unbranched alkanes of at least 4 members (excludes halogenated alkanes) is 1. The molecule has 20 heavy (non-hydrogen) atoms. The summed E-state index contributed by atoms with van der Waals surface area (Å²) in [5.74, 6) is 1.90. The normalized spacial score (nSPS) is 10.9. The molecule has 0 unspecified atom stereocenters. The predicted molar refractivity (Wildman–Crippen MR) is 88.7 cm³/mol. The van der Waals surface area contributed by atoms with Gasteiger partial charge in [-0.2, -0.15) is 0 Å². The van der Waals surface area contributed by atoms with Gasteiger partial charge in [-0.1, -0.05) is 48.3 Å². The number of nitrogens with two attached hydrogens (primary N) is 1. The average Bonchev–Trinajstić information content (AvgIpc) is 2.75. The van der Waals surface area contributed by atoms with Gasteiger partial charge < -0.3 is 10.3 Å². The lowest BCUT2D eigenvalue weighted by atomic mass is 10.1. The van der Waals surface area contributed by atoms with Crippen molar-refractivity contribution in [3.63, 3.8) is 0 Å². The molecule has 3 nitrogen and oxygen atoms in total. The van der Waals surface area contributed by atoms with E-state index in [1.807, 2.05) is 12.1 Å². The first-order valence-electron chi connectivity index (χ1n) is 7.28. The van der Waals surface area contributed by atoms with Gasteiger partial charge in [-0.3, -0.25) is 0 Å². The van der Waals surface area contributed by atoms with Crippen molar-refractivity contribution in [2.24, 2.45) is 0 Å². The van der Waals surface area contributed by atoms with E-state index >= 15 is 0 Å². The molecule has 0 amide bonds. The number of hydrogen-bond acceptors (Lipinski definition) is 2. The van der Waals surface area contributed by atoms with E-state index in [0.717, 1.165) is 59.6 Å². The van der Waals surface area contributed by atoms with Crippen molar-refractivity contribution in [1.82, 2.24) is 9.55 Å². The quantitative estimate of drug-likeness (QED) is 0.835. The summed E-state index contributed by atoms with van der Waals surface area (Å²) in [5.41, 5.74) is 8.33. The van der Waals surface area contributed by atoms with E-state index in [4.69, 9.17) is 10.7 Å². The van der Waals surface area contributed by atoms with Crippen LogP contribution in [0.25, 0.3) is 11.3 Å². The second-order valence-corrected chi connectivity index (χ2v) is 5.94. The lowest BCUT2D eigenvalue weighted by molar-refractivity contribution is 0.604. The molecule has 0 aliphatic carbocycles. The Morgan fingerprint density at radius 1 is 1.15 bits per heavy atom. The number of nitrogen functional groups attached to an aromatic ring is 1. The van der Waals surface area contributed by atoms with E-state index in [2.05, 4.69) is 46.5 Å². The van der Waals surface area contributed by atoms with E-state index in [0.29, 0.717) is 0 Å². The summed E-state index contributed by atoms with van der Waals surface area (Å²) in [4.78, 5) is 4.77. The first kappa shape index (κ1) is 15.1. The molecule has 0 spiro atoms. The molecule has 0 bridgehead atoms. The molecule has 0 saturated heterocycles. The summed E-state index contributed by atoms with van der Waals surface area (Å²) in [6.07, 6.45) is 4.36. The zero-order valence-electron chi connectivity index (χ0n) is 12.2. The highest BCUT2D eigenvalue weighted by atomic mass is 79.9. The SMILES string of the molecule is CCCCn1c(CCC)nc(-c2ccc(Br)cc2)c1N. The Labute approximate surface area is 129 Å². The molecule has 4 heteroatoms. The third-order valence-corrected chi connectivity index (χ3v) is 3.94. The van der Waals surface area contributed by atoms with Crippen molar-refractivity contribution in [2.45, 2.75) is 46.1 Å². The molecule has 1 aromatic carbocycles. The third-order valence-electron chi connectivity index (χ3n) is 3.41. The summed E-state index contributed by atoms with van der Waals surface area (Å²) < 4.78 is 3.25. The fourth-order valence-corrected chi connectivity index (χ4v) is 2.58. The number of anilines is 1. The first-order valence-corrected chi connectivity index (χ1v) is 8.07. The second-order valence-electron chi connectivity index (χ2n) is 5.02. The second kappa shape index (κ2) is 6.93. The molecule has 2 aromatic rings. The van der Waals surface area contributed by atoms with Crippen LogP contribution in [0.3, 0.4) is 0 Å². The van der Waals surface area contributed by atoms with Gasteiger partial charge in [0.25, 0.3) is 0 Å². The van der Waals surface area contributed by atoms with Crippen LogP contribution in [0.2, 0.25) is 0 Å². The van der Waals surface area contributed by atoms with E-state index < -0.39 is 0 Å². The number of halogens is 1. The van der Waals surface area contributed by atoms with Crippen LogP contribution in [0.15, 0.2) is 28.7 Å². The van der Waals surface area contributed by atoms with Gasteiger partial charge in [0.2, 0.25) is 0 Å². The van der Waals surface area contributed by atoms with Crippen LogP contribution in [0.4, 0.5) is 5.82 Å². The molecule has 0 aliphatic rings. The van der Waals surface area contributed by atoms with E-state index in [1.165, 1.54) is 0 Å². The highest BCUT2D eigenvalue weighted by molar-refractivity contribution is 9.10. The molecule has 0 atom stereocenters. The van der Waals surface area contributed by atoms with Gasteiger partial charge in [-0.05, 0) is 25.0 Å². The molecule has 2 rings (SSSR count). The van der Waals surface area contributed by atoms with Crippen LogP contribution in [-0.2, 0) is 13.0 Å². The van der Waals surface area contributed by atoms with Crippen molar-refractivity contribution in [3.05, 3.63) is 34.6 Å². The monoisotopic (exact) mass is 335 g/mol. The molecule has 0 radical (unpaired) electrons. The summed E-state index contributed by atoms with van der Waals surface area (Å²) in [6, 6.07) is 8.17. The highest BCUT2D eigenvalue weighted by Gasteiger charge is 2.15. The van der Waals surface area contributed by atoms with Gasteiger partial charge in [0, 0.05) is 23.0 Å². The van der Waals surface area contributed by atoms with E-state index in [-0.39, 0.29) is 0 Å². The lowest BCUT2D eigenvalue weighted by Gasteiger charge is -2.08. The average molecular weight is 336 g/mol. The van der Waals surface area contributed by atoms with E-state index in [1.54, 1.807) is 0 Å². The van der Waals surface area contributed by atoms with Crippen molar-refractivity contribution in [3.8, 4) is 11.3 Å². The van der Waals surface area contributed by atoms with Crippen molar-refractivity contribution in [2.75, 3.05) is 5.73 Å². The maximum absolute atomic E-state index is 6.33. The number of benzene rings is 1. The first-order chi connectivity index (χ1) is 9.67. The molecule has 2 N–H and O–H groups in total. The van der Waals surface area contributed by atoms with Gasteiger partial charge in [-0.15, -0.1) is 0 Å². The number of nitrogens with zero attached hydrogens (tertiary/aromatic N) is 2. The molecular weight excluding hydrogens is 314 g/mol. The van der Waals surface area contributed by atoms with Gasteiger partial charge in [0.15, 0.2) is 0 Å². The van der Waals surface area contributed by atoms with Crippen molar-refractivity contribution < 1.29 is 0 Å². The van der Waals surface area contributed by atoms with Crippen LogP contribution in [-0.4, -0.2) is 9.55 Å². The van der Waals surface area contributed by atoms with E-state index in [9.17, 15) is 0 Å². The van der Waals surface area contributed by atoms with Crippen molar-refractivity contribution >= 4 is 21.7 Å². The maximum atomic E-state index is 6.33. The van der Waals surface area contributed by atoms with Crippen molar-refractivity contribution in [1.29, 1.82) is 0 Å². The number of rotatable bonds is 6. The molecule has 0 fully saturated rings. The van der Waals surface area contributed by atoms with Crippen LogP contribution in [0.1, 0.15) is 38.9 Å². The van der Waals surface area contributed by atoms with Gasteiger partial charge in [0.1, 0.15) is 17.3 Å². The molecular formula is C16H22BrN3. The highest BCUT2D eigenvalue weighted by Crippen LogP contribution is 2.28. The van der Waals surface area contributed by atoms with Gasteiger partial charge >= 0.3 is 0 Å². The number of aryl methyl sites for hydroxylation is 1. The fraction of sp³-hybridized carbons (Fsp3) is 0.438. The summed E-state index contributed by atoms with van der Waals surface area (Å²) in [5, 5.41) is 0. The Morgan fingerprint density at radius 3 is 2.45 bits per heavy atom. The molecule has 0 saturated carbocycles. The standard InChI is InChI=1S/C16H22BrN3/c1-3-5-11-20-14(6-4-2)19-15(16(20)18)12-7-9-13(17)10-8-12/h7-10H,3-6,11,18H2,1-2H3. The van der Waals surface area contributed by atoms with Crippen LogP contribution >= 0.6 is 15.9 Å². The number of aromatic nitrogens is 2. The number of hydrogen-bond donors (Lipinski definition) is 1. The van der Waals surface area contributed by atoms with Crippen LogP contribution in [0.5, 0.6) is 0 Å². The summed E-state index contributed by atoms with van der Waals surface area (Å²) in [7, 11) is 0. The third kappa shape index (κ3) is 3.23. The molecule has 108 valence electrons. The van der Waals surface area contributed by atoms with Gasteiger partial charge in [0.05, 0.1) is 0 Å². The summed E-state index contributed by atoms with van der Waals surface area (Å²) in [6.45, 7) is 5.33. The van der Waals surface area contributed by atoms with Crippen LogP contribution in [0, 0.1) is 0 Å². The Kier molecular flexibility index (Phi) is 5.24. The smallest absolute Gasteiger partial charge is 0.131 e.